The fourth-order valence-corrected chi connectivity index (χ4v) is 3.23. The van der Waals surface area contributed by atoms with Crippen molar-refractivity contribution in [1.82, 2.24) is 9.59 Å². The van der Waals surface area contributed by atoms with Crippen molar-refractivity contribution in [2.24, 2.45) is 0 Å². The molecule has 1 aromatic carbocycles. The third-order valence-electron chi connectivity index (χ3n) is 3.84. The molecule has 1 saturated heterocycles. The van der Waals surface area contributed by atoms with Gasteiger partial charge in [-0.25, -0.2) is 0 Å². The van der Waals surface area contributed by atoms with Crippen LogP contribution in [-0.4, -0.2) is 34.8 Å². The quantitative estimate of drug-likeness (QED) is 0.866. The maximum absolute atomic E-state index is 12.4. The Balaban J connectivity index is 1.57. The van der Waals surface area contributed by atoms with Crippen LogP contribution in [-0.2, 0) is 4.74 Å². The van der Waals surface area contributed by atoms with Gasteiger partial charge in [0.2, 0.25) is 0 Å². The third kappa shape index (κ3) is 4.10. The van der Waals surface area contributed by atoms with E-state index in [2.05, 4.69) is 14.9 Å². The number of benzene rings is 1. The van der Waals surface area contributed by atoms with Crippen molar-refractivity contribution in [3.8, 4) is 5.75 Å². The monoisotopic (exact) mass is 347 g/mol. The maximum atomic E-state index is 12.4. The summed E-state index contributed by atoms with van der Waals surface area (Å²) < 4.78 is 15.1. The summed E-state index contributed by atoms with van der Waals surface area (Å²) in [5.41, 5.74) is 1.45. The number of nitrogens with one attached hydrogen (secondary N) is 1. The van der Waals surface area contributed by atoms with Gasteiger partial charge in [-0.05, 0) is 54.6 Å². The van der Waals surface area contributed by atoms with Gasteiger partial charge < -0.3 is 14.8 Å². The van der Waals surface area contributed by atoms with Crippen LogP contribution in [0.5, 0.6) is 5.75 Å². The highest BCUT2D eigenvalue weighted by atomic mass is 32.1. The van der Waals surface area contributed by atoms with Crippen LogP contribution in [0.2, 0.25) is 0 Å². The summed E-state index contributed by atoms with van der Waals surface area (Å²) >= 11 is 1.12. The number of hydrogen-bond acceptors (Lipinski definition) is 6. The van der Waals surface area contributed by atoms with E-state index in [1.807, 2.05) is 38.1 Å². The molecule has 0 radical (unpaired) electrons. The Labute approximate surface area is 145 Å². The maximum Gasteiger partial charge on any atom is 0.269 e. The Kier molecular flexibility index (Phi) is 5.42. The van der Waals surface area contributed by atoms with E-state index >= 15 is 0 Å². The predicted octanol–water partition coefficient (Wildman–Crippen LogP) is 3.47. The molecule has 0 spiro atoms. The second-order valence-electron chi connectivity index (χ2n) is 6.07. The smallest absolute Gasteiger partial charge is 0.269 e. The van der Waals surface area contributed by atoms with E-state index in [-0.39, 0.29) is 17.9 Å². The second-order valence-corrected chi connectivity index (χ2v) is 6.82. The molecule has 1 amide bonds. The highest BCUT2D eigenvalue weighted by molar-refractivity contribution is 7.08. The molecule has 7 heteroatoms. The number of aromatic nitrogens is 2. The predicted molar refractivity (Wildman–Crippen MR) is 92.9 cm³/mol. The van der Waals surface area contributed by atoms with Gasteiger partial charge in [0, 0.05) is 12.3 Å². The van der Waals surface area contributed by atoms with Gasteiger partial charge in [-0.15, -0.1) is 5.10 Å². The van der Waals surface area contributed by atoms with E-state index in [4.69, 9.17) is 9.47 Å². The number of carbonyl (C=O) groups excluding carboxylic acids is 1. The molecule has 3 rings (SSSR count). The first-order valence-electron chi connectivity index (χ1n) is 8.11. The van der Waals surface area contributed by atoms with Gasteiger partial charge in [0.15, 0.2) is 0 Å². The molecule has 0 bridgehead atoms. The zero-order valence-corrected chi connectivity index (χ0v) is 14.6. The zero-order chi connectivity index (χ0) is 16.9. The number of hydrogen-bond donors (Lipinski definition) is 1. The minimum absolute atomic E-state index is 0.165. The lowest BCUT2D eigenvalue weighted by Crippen LogP contribution is -2.16. The van der Waals surface area contributed by atoms with Crippen LogP contribution in [0.4, 0.5) is 5.69 Å². The normalized spacial score (nSPS) is 17.2. The first kappa shape index (κ1) is 16.9. The minimum atomic E-state index is -0.179. The van der Waals surface area contributed by atoms with Crippen LogP contribution in [0.1, 0.15) is 48.0 Å². The summed E-state index contributed by atoms with van der Waals surface area (Å²) in [4.78, 5) is 12.9. The molecule has 6 nitrogen and oxygen atoms in total. The number of rotatable bonds is 6. The molecule has 2 heterocycles. The van der Waals surface area contributed by atoms with Crippen LogP contribution >= 0.6 is 11.5 Å². The number of amides is 1. The fraction of sp³-hybridized carbons (Fsp3) is 0.471. The Bertz CT molecular complexity index is 679. The number of ether oxygens (including phenoxy) is 2. The Morgan fingerprint density at radius 2 is 2.21 bits per heavy atom. The van der Waals surface area contributed by atoms with Crippen molar-refractivity contribution in [3.63, 3.8) is 0 Å². The summed E-state index contributed by atoms with van der Waals surface area (Å²) in [7, 11) is 0. The van der Waals surface area contributed by atoms with Crippen molar-refractivity contribution in [2.75, 3.05) is 18.5 Å². The Hall–Kier alpha value is -1.99. The largest absolute Gasteiger partial charge is 0.491 e. The van der Waals surface area contributed by atoms with E-state index in [9.17, 15) is 4.79 Å². The zero-order valence-electron chi connectivity index (χ0n) is 13.8. The van der Waals surface area contributed by atoms with E-state index in [0.717, 1.165) is 42.4 Å². The lowest BCUT2D eigenvalue weighted by Gasteiger charge is -2.12. The van der Waals surface area contributed by atoms with Gasteiger partial charge in [-0.3, -0.25) is 4.79 Å². The summed E-state index contributed by atoms with van der Waals surface area (Å²) in [5, 5.41) is 6.91. The van der Waals surface area contributed by atoms with Crippen molar-refractivity contribution in [1.29, 1.82) is 0 Å². The highest BCUT2D eigenvalue weighted by Gasteiger charge is 2.19. The first-order chi connectivity index (χ1) is 11.6. The molecule has 128 valence electrons. The molecule has 24 heavy (non-hydrogen) atoms. The standard InChI is InChI=1S/C17H21N3O3S/c1-11(2)15-16(24-20-19-15)17(21)18-12-5-7-13(8-6-12)23-10-14-4-3-9-22-14/h5-8,11,14H,3-4,9-10H2,1-2H3,(H,18,21). The van der Waals surface area contributed by atoms with E-state index in [0.29, 0.717) is 17.2 Å². The van der Waals surface area contributed by atoms with E-state index in [1.54, 1.807) is 0 Å². The van der Waals surface area contributed by atoms with Crippen molar-refractivity contribution >= 4 is 23.1 Å². The van der Waals surface area contributed by atoms with Crippen LogP contribution in [0.15, 0.2) is 24.3 Å². The average molecular weight is 347 g/mol. The lowest BCUT2D eigenvalue weighted by atomic mass is 10.1. The molecule has 1 unspecified atom stereocenters. The lowest BCUT2D eigenvalue weighted by molar-refractivity contribution is 0.0679. The van der Waals surface area contributed by atoms with Gasteiger partial charge >= 0.3 is 0 Å². The highest BCUT2D eigenvalue weighted by Crippen LogP contribution is 2.22. The Morgan fingerprint density at radius 3 is 2.88 bits per heavy atom. The van der Waals surface area contributed by atoms with Crippen molar-refractivity contribution in [3.05, 3.63) is 34.8 Å². The molecule has 1 N–H and O–H groups in total. The average Bonchev–Trinajstić information content (AvgIpc) is 3.25. The third-order valence-corrected chi connectivity index (χ3v) is 4.58. The Morgan fingerprint density at radius 1 is 1.42 bits per heavy atom. The fourth-order valence-electron chi connectivity index (χ4n) is 2.52. The molecule has 1 fully saturated rings. The topological polar surface area (TPSA) is 73.3 Å². The molecule has 0 saturated carbocycles. The van der Waals surface area contributed by atoms with Gasteiger partial charge in [-0.2, -0.15) is 0 Å². The van der Waals surface area contributed by atoms with Crippen LogP contribution in [0.3, 0.4) is 0 Å². The summed E-state index contributed by atoms with van der Waals surface area (Å²) in [5.74, 6) is 0.755. The number of nitrogens with zero attached hydrogens (tertiary/aromatic N) is 2. The molecular weight excluding hydrogens is 326 g/mol. The van der Waals surface area contributed by atoms with Crippen LogP contribution < -0.4 is 10.1 Å². The van der Waals surface area contributed by atoms with Gasteiger partial charge in [0.05, 0.1) is 11.8 Å². The van der Waals surface area contributed by atoms with Crippen LogP contribution in [0.25, 0.3) is 0 Å². The molecular formula is C17H21N3O3S. The molecule has 1 atom stereocenters. The van der Waals surface area contributed by atoms with Crippen molar-refractivity contribution in [2.45, 2.75) is 38.7 Å². The molecule has 1 aromatic heterocycles. The molecule has 0 aliphatic carbocycles. The van der Waals surface area contributed by atoms with Crippen LogP contribution in [0, 0.1) is 0 Å². The summed E-state index contributed by atoms with van der Waals surface area (Å²) in [6.45, 7) is 5.38. The van der Waals surface area contributed by atoms with Gasteiger partial charge in [0.1, 0.15) is 17.2 Å². The molecule has 2 aromatic rings. The molecule has 1 aliphatic rings. The first-order valence-corrected chi connectivity index (χ1v) is 8.89. The molecule has 1 aliphatic heterocycles. The van der Waals surface area contributed by atoms with E-state index < -0.39 is 0 Å². The van der Waals surface area contributed by atoms with Gasteiger partial charge in [0.25, 0.3) is 5.91 Å². The van der Waals surface area contributed by atoms with E-state index in [1.165, 1.54) is 0 Å². The number of carbonyl (C=O) groups is 1. The summed E-state index contributed by atoms with van der Waals surface area (Å²) in [6.07, 6.45) is 2.34. The minimum Gasteiger partial charge on any atom is -0.491 e. The number of anilines is 1. The van der Waals surface area contributed by atoms with Gasteiger partial charge in [-0.1, -0.05) is 18.3 Å². The second kappa shape index (κ2) is 7.72. The SMILES string of the molecule is CC(C)c1nnsc1C(=O)Nc1ccc(OCC2CCCO2)cc1. The van der Waals surface area contributed by atoms with Crippen molar-refractivity contribution < 1.29 is 14.3 Å². The summed E-state index contributed by atoms with van der Waals surface area (Å²) in [6, 6.07) is 7.34.